The topological polar surface area (TPSA) is 46.1 Å². The summed E-state index contributed by atoms with van der Waals surface area (Å²) < 4.78 is 61.8. The second-order valence-corrected chi connectivity index (χ2v) is 5.74. The van der Waals surface area contributed by atoms with Gasteiger partial charge in [-0.05, 0) is 23.9 Å². The van der Waals surface area contributed by atoms with Crippen LogP contribution in [0.2, 0.25) is 0 Å². The van der Waals surface area contributed by atoms with Crippen molar-refractivity contribution in [1.82, 2.24) is 14.9 Å². The van der Waals surface area contributed by atoms with Crippen LogP contribution in [0.4, 0.5) is 22.0 Å². The number of hydrogen-bond donors (Lipinski definition) is 0. The van der Waals surface area contributed by atoms with Crippen molar-refractivity contribution in [3.8, 4) is 11.3 Å². The van der Waals surface area contributed by atoms with Gasteiger partial charge in [-0.3, -0.25) is 18.6 Å². The number of amides is 1. The fraction of sp³-hybridized carbons (Fsp3) is 0.150. The molecule has 0 N–H and O–H groups in total. The Labute approximate surface area is 183 Å². The minimum absolute atomic E-state index is 0. The van der Waals surface area contributed by atoms with Crippen LogP contribution >= 0.6 is 0 Å². The van der Waals surface area contributed by atoms with Crippen LogP contribution in [0.1, 0.15) is 5.69 Å². The Hall–Kier alpha value is -2.71. The van der Waals surface area contributed by atoms with E-state index in [-0.39, 0.29) is 32.2 Å². The van der Waals surface area contributed by atoms with Gasteiger partial charge in [-0.15, -0.1) is 12.1 Å². The smallest absolute Gasteiger partial charge is 0.332 e. The molecule has 161 valence electrons. The molecule has 2 heterocycles. The van der Waals surface area contributed by atoms with Crippen molar-refractivity contribution in [2.24, 2.45) is 0 Å². The Morgan fingerprint density at radius 1 is 1.07 bits per heavy atom. The molecule has 3 rings (SSSR count). The number of pyridine rings is 2. The fourth-order valence-corrected chi connectivity index (χ4v) is 2.17. The minimum atomic E-state index is -4.83. The number of benzene rings is 1. The Morgan fingerprint density at radius 3 is 2.20 bits per heavy atom. The molecule has 1 radical (unpaired) electrons. The molecule has 10 heteroatoms. The second kappa shape index (κ2) is 11.5. The van der Waals surface area contributed by atoms with Crippen molar-refractivity contribution < 1.29 is 46.9 Å². The van der Waals surface area contributed by atoms with E-state index < -0.39 is 23.7 Å². The molecule has 2 aromatic heterocycles. The minimum Gasteiger partial charge on any atom is -0.332 e. The van der Waals surface area contributed by atoms with Crippen LogP contribution in [0.3, 0.4) is 0 Å². The zero-order chi connectivity index (χ0) is 21.4. The van der Waals surface area contributed by atoms with Crippen LogP contribution in [0.25, 0.3) is 11.3 Å². The summed E-state index contributed by atoms with van der Waals surface area (Å²) in [6, 6.07) is 14.4. The van der Waals surface area contributed by atoms with Gasteiger partial charge in [0.15, 0.2) is 0 Å². The number of halogens is 5. The number of hydrogen-bond acceptors (Lipinski definition) is 3. The van der Waals surface area contributed by atoms with Gasteiger partial charge in [0.1, 0.15) is 0 Å². The maximum Gasteiger partial charge on any atom is 0.471 e. The van der Waals surface area contributed by atoms with E-state index >= 15 is 0 Å². The Balaban J connectivity index is 0.000000291. The number of rotatable bonds is 3. The maximum atomic E-state index is 13.2. The van der Waals surface area contributed by atoms with Crippen molar-refractivity contribution in [3.05, 3.63) is 84.3 Å². The summed E-state index contributed by atoms with van der Waals surface area (Å²) in [6.45, 7) is -0.154. The first-order valence-corrected chi connectivity index (χ1v) is 8.19. The van der Waals surface area contributed by atoms with Crippen LogP contribution in [0.15, 0.2) is 60.9 Å². The molecule has 0 fully saturated rings. The molecule has 0 saturated carbocycles. The van der Waals surface area contributed by atoms with Crippen LogP contribution in [-0.2, 0) is 31.4 Å². The molecule has 30 heavy (non-hydrogen) atoms. The molecular formula is C20H15F5IrN3O-. The van der Waals surface area contributed by atoms with Crippen molar-refractivity contribution in [3.63, 3.8) is 0 Å². The molecule has 1 amide bonds. The molecule has 0 saturated heterocycles. The normalized spacial score (nSPS) is 10.3. The van der Waals surface area contributed by atoms with E-state index in [9.17, 15) is 26.7 Å². The molecule has 3 aromatic rings. The molecule has 0 unspecified atom stereocenters. The Morgan fingerprint density at radius 2 is 1.70 bits per heavy atom. The first-order chi connectivity index (χ1) is 13.7. The van der Waals surface area contributed by atoms with Crippen molar-refractivity contribution >= 4 is 5.91 Å². The van der Waals surface area contributed by atoms with Crippen LogP contribution in [-0.4, -0.2) is 34.0 Å². The number of alkyl halides is 3. The largest absolute Gasteiger partial charge is 0.471 e. The van der Waals surface area contributed by atoms with E-state index in [2.05, 4.69) is 16.0 Å². The van der Waals surface area contributed by atoms with Gasteiger partial charge in [0.25, 0.3) is 0 Å². The fourth-order valence-electron chi connectivity index (χ4n) is 2.17. The van der Waals surface area contributed by atoms with Crippen molar-refractivity contribution in [2.75, 3.05) is 7.05 Å². The molecular weight excluding hydrogens is 585 g/mol. The van der Waals surface area contributed by atoms with Gasteiger partial charge in [0.05, 0.1) is 12.2 Å². The van der Waals surface area contributed by atoms with Crippen LogP contribution in [0, 0.1) is 17.7 Å². The van der Waals surface area contributed by atoms with E-state index in [0.717, 1.165) is 19.2 Å². The molecule has 0 atom stereocenters. The van der Waals surface area contributed by atoms with E-state index in [0.29, 0.717) is 16.3 Å². The molecule has 1 aromatic carbocycles. The van der Waals surface area contributed by atoms with Crippen molar-refractivity contribution in [1.29, 1.82) is 0 Å². The maximum absolute atomic E-state index is 13.2. The Bertz CT molecular complexity index is 940. The standard InChI is InChI=1S/C11H6F2N.C9H9F3N2O.Ir/c12-8-4-5-9(10(13)7-8)11-3-1-2-6-14-11;1-14(8(15)9(10,11)12)6-7-4-2-3-5-13-7;/h1-4,6-7H;2-5H,6H2,1H3;/q-1;;. The predicted molar refractivity (Wildman–Crippen MR) is 95.2 cm³/mol. The van der Waals surface area contributed by atoms with Gasteiger partial charge in [-0.1, -0.05) is 29.8 Å². The zero-order valence-electron chi connectivity index (χ0n) is 15.5. The number of carbonyl (C=O) groups is 1. The van der Waals surface area contributed by atoms with Crippen molar-refractivity contribution in [2.45, 2.75) is 12.7 Å². The van der Waals surface area contributed by atoms with Gasteiger partial charge in [0.2, 0.25) is 0 Å². The van der Waals surface area contributed by atoms with Gasteiger partial charge < -0.3 is 9.88 Å². The average molecular weight is 601 g/mol. The third-order valence-corrected chi connectivity index (χ3v) is 3.49. The summed E-state index contributed by atoms with van der Waals surface area (Å²) >= 11 is 0. The van der Waals surface area contributed by atoms with E-state index in [1.54, 1.807) is 42.6 Å². The van der Waals surface area contributed by atoms with Gasteiger partial charge >= 0.3 is 12.1 Å². The summed E-state index contributed by atoms with van der Waals surface area (Å²) in [7, 11) is 1.09. The van der Waals surface area contributed by atoms with E-state index in [1.807, 2.05) is 0 Å². The van der Waals surface area contributed by atoms with Crippen LogP contribution in [0.5, 0.6) is 0 Å². The number of aromatic nitrogens is 2. The number of nitrogens with zero attached hydrogens (tertiary/aromatic N) is 3. The quantitative estimate of drug-likeness (QED) is 0.331. The summed E-state index contributed by atoms with van der Waals surface area (Å²) in [4.78, 5) is 19.1. The molecule has 0 bridgehead atoms. The SMILES string of the molecule is CN(Cc1ccccn1)C(=O)C(F)(F)F.Fc1c[c-]c(-c2ccccn2)c(F)c1.[Ir]. The number of carbonyl (C=O) groups excluding carboxylic acids is 1. The van der Waals surface area contributed by atoms with E-state index in [4.69, 9.17) is 0 Å². The monoisotopic (exact) mass is 601 g/mol. The summed E-state index contributed by atoms with van der Waals surface area (Å²) in [5.74, 6) is -3.15. The molecule has 0 spiro atoms. The summed E-state index contributed by atoms with van der Waals surface area (Å²) in [5.41, 5.74) is 1.05. The zero-order valence-corrected chi connectivity index (χ0v) is 17.8. The van der Waals surface area contributed by atoms with Gasteiger partial charge in [-0.25, -0.2) is 0 Å². The molecule has 0 aliphatic carbocycles. The summed E-state index contributed by atoms with van der Waals surface area (Å²) in [5, 5.41) is 0. The summed E-state index contributed by atoms with van der Waals surface area (Å²) in [6.07, 6.45) is -1.82. The van der Waals surface area contributed by atoms with Gasteiger partial charge in [-0.2, -0.15) is 13.2 Å². The first-order valence-electron chi connectivity index (χ1n) is 8.19. The molecule has 4 nitrogen and oxygen atoms in total. The Kier molecular flexibility index (Phi) is 9.68. The van der Waals surface area contributed by atoms with Crippen LogP contribution < -0.4 is 0 Å². The third-order valence-electron chi connectivity index (χ3n) is 3.49. The predicted octanol–water partition coefficient (Wildman–Crippen LogP) is 4.43. The third kappa shape index (κ3) is 7.61. The van der Waals surface area contributed by atoms with E-state index in [1.165, 1.54) is 6.20 Å². The molecule has 0 aliphatic heterocycles. The van der Waals surface area contributed by atoms with Gasteiger partial charge in [0, 0.05) is 51.2 Å². The molecule has 0 aliphatic rings. The average Bonchev–Trinajstić information content (AvgIpc) is 2.68. The first kappa shape index (κ1) is 25.3. The second-order valence-electron chi connectivity index (χ2n) is 5.74.